The van der Waals surface area contributed by atoms with E-state index in [9.17, 15) is 8.42 Å². The number of rotatable bonds is 6. The average molecular weight is 436 g/mol. The van der Waals surface area contributed by atoms with Crippen molar-refractivity contribution in [1.82, 2.24) is 0 Å². The van der Waals surface area contributed by atoms with Crippen LogP contribution in [0.5, 0.6) is 0 Å². The van der Waals surface area contributed by atoms with Crippen molar-refractivity contribution in [1.29, 1.82) is 0 Å². The minimum atomic E-state index is -3.67. The summed E-state index contributed by atoms with van der Waals surface area (Å²) in [6.07, 6.45) is -0.294. The van der Waals surface area contributed by atoms with Crippen molar-refractivity contribution in [3.63, 3.8) is 0 Å². The molecule has 1 unspecified atom stereocenters. The molecule has 1 atom stereocenters. The fourth-order valence-corrected chi connectivity index (χ4v) is 0.0745. The highest BCUT2D eigenvalue weighted by Crippen LogP contribution is 1.75. The number of hydrogen-bond acceptors (Lipinski definition) is 13. The fourth-order valence-electron chi connectivity index (χ4n) is 0.0745. The molecule has 0 aliphatic rings. The highest BCUT2D eigenvalue weighted by molar-refractivity contribution is 7.85. The van der Waals surface area contributed by atoms with E-state index in [1.165, 1.54) is 7.11 Å². The van der Waals surface area contributed by atoms with Gasteiger partial charge in [-0.1, -0.05) is 0 Å². The van der Waals surface area contributed by atoms with Crippen LogP contribution in [0.1, 0.15) is 0 Å². The quantitative estimate of drug-likeness (QED) is 0.137. The van der Waals surface area contributed by atoms with Crippen molar-refractivity contribution >= 4 is 10.1 Å². The first-order valence-electron chi connectivity index (χ1n) is 7.08. The van der Waals surface area contributed by atoms with E-state index in [0.29, 0.717) is 6.26 Å². The minimum absolute atomic E-state index is 0.125. The highest BCUT2D eigenvalue weighted by Gasteiger charge is 1.92. The summed E-state index contributed by atoms with van der Waals surface area (Å²) in [5, 5.41) is 77.2. The molecule has 0 heterocycles. The molecule has 174 valence electrons. The van der Waals surface area contributed by atoms with Crippen LogP contribution in [-0.2, 0) is 14.9 Å². The second-order valence-electron chi connectivity index (χ2n) is 3.39. The van der Waals surface area contributed by atoms with Gasteiger partial charge in [0.2, 0.25) is 0 Å². The zero-order chi connectivity index (χ0) is 23.1. The molecule has 0 aromatic heterocycles. The summed E-state index contributed by atoms with van der Waals surface area (Å²) >= 11 is 0. The largest absolute Gasteiger partial charge is 0.394 e. The molecule has 0 saturated heterocycles. The molecule has 0 aromatic rings. The van der Waals surface area contributed by atoms with E-state index in [1.54, 1.807) is 0 Å². The molecular weight excluding hydrogens is 400 g/mol. The van der Waals surface area contributed by atoms with Crippen molar-refractivity contribution in [2.45, 2.75) is 6.29 Å². The van der Waals surface area contributed by atoms with E-state index >= 15 is 0 Å². The number of hydrogen-bond donors (Lipinski definition) is 11. The number of methoxy groups -OCH3 is 1. The van der Waals surface area contributed by atoms with Gasteiger partial charge in [0.05, 0.1) is 65.7 Å². The van der Waals surface area contributed by atoms with Crippen molar-refractivity contribution in [3.05, 3.63) is 0 Å². The predicted octanol–water partition coefficient (Wildman–Crippen LogP) is -5.67. The molecule has 0 rings (SSSR count). The first-order chi connectivity index (χ1) is 12.5. The van der Waals surface area contributed by atoms with Gasteiger partial charge >= 0.3 is 0 Å². The Bertz CT molecular complexity index is 239. The smallest absolute Gasteiger partial charge is 0.261 e. The fraction of sp³-hybridized carbons (Fsp3) is 1.00. The van der Waals surface area contributed by atoms with Crippen LogP contribution < -0.4 is 0 Å². The summed E-state index contributed by atoms with van der Waals surface area (Å²) in [7, 11) is -2.35. The van der Waals surface area contributed by atoms with Crippen molar-refractivity contribution in [2.75, 3.05) is 72.8 Å². The second-order valence-corrected chi connectivity index (χ2v) is 4.86. The molecule has 15 heteroatoms. The van der Waals surface area contributed by atoms with Crippen molar-refractivity contribution in [2.24, 2.45) is 0 Å². The van der Waals surface area contributed by atoms with E-state index in [2.05, 4.69) is 4.74 Å². The van der Waals surface area contributed by atoms with Gasteiger partial charge in [0.15, 0.2) is 6.29 Å². The van der Waals surface area contributed by atoms with Crippen LogP contribution in [0.25, 0.3) is 0 Å². The molecule has 0 aromatic carbocycles. The SMILES string of the molecule is COC(O)CO.CS(=O)(=O)O.OCCO.OCCO.OCCO.OCCO. The van der Waals surface area contributed by atoms with Crippen LogP contribution in [0.3, 0.4) is 0 Å². The van der Waals surface area contributed by atoms with Crippen LogP contribution in [0.2, 0.25) is 0 Å². The molecule has 0 saturated carbocycles. The van der Waals surface area contributed by atoms with E-state index in [4.69, 9.17) is 55.6 Å². The standard InChI is InChI=1S/C3H8O3.4C2H6O2.CH4O3S/c1-6-3(5)2-4;4*3-1-2-4;1-5(2,3)4/h3-5H,2H2,1H3;4*3-4H,1-2H2;1H3,(H,2,3,4). The summed E-state index contributed by atoms with van der Waals surface area (Å²) < 4.78 is 30.1. The van der Waals surface area contributed by atoms with Crippen LogP contribution in [0.15, 0.2) is 0 Å². The lowest BCUT2D eigenvalue weighted by atomic mass is 10.7. The molecular formula is C12H36O14S. The monoisotopic (exact) mass is 436 g/mol. The van der Waals surface area contributed by atoms with E-state index < -0.39 is 16.4 Å². The number of aliphatic hydroxyl groups is 10. The molecule has 11 N–H and O–H groups in total. The molecule has 0 amide bonds. The Morgan fingerprint density at radius 2 is 0.815 bits per heavy atom. The third kappa shape index (κ3) is 251. The molecule has 0 fully saturated rings. The molecule has 0 radical (unpaired) electrons. The van der Waals surface area contributed by atoms with Crippen LogP contribution in [-0.4, -0.2) is 143 Å². The number of aliphatic hydroxyl groups excluding tert-OH is 10. The first kappa shape index (κ1) is 41.0. The molecule has 27 heavy (non-hydrogen) atoms. The zero-order valence-electron chi connectivity index (χ0n) is 15.5. The van der Waals surface area contributed by atoms with Gasteiger partial charge in [-0.3, -0.25) is 4.55 Å². The lowest BCUT2D eigenvalue weighted by Crippen LogP contribution is -2.12. The Balaban J connectivity index is -0.0000000494. The van der Waals surface area contributed by atoms with Crippen LogP contribution in [0.4, 0.5) is 0 Å². The lowest BCUT2D eigenvalue weighted by Gasteiger charge is -1.99. The maximum atomic E-state index is 9.19. The average Bonchev–Trinajstić information content (AvgIpc) is 2.66. The summed E-state index contributed by atoms with van der Waals surface area (Å²) in [4.78, 5) is 0. The minimum Gasteiger partial charge on any atom is -0.394 e. The molecule has 0 spiro atoms. The van der Waals surface area contributed by atoms with Gasteiger partial charge < -0.3 is 55.8 Å². The Morgan fingerprint density at radius 3 is 0.815 bits per heavy atom. The Hall–Kier alpha value is -0.530. The second kappa shape index (κ2) is 44.7. The van der Waals surface area contributed by atoms with E-state index in [-0.39, 0.29) is 59.5 Å². The molecule has 0 bridgehead atoms. The third-order valence-corrected chi connectivity index (χ3v) is 0.828. The summed E-state index contributed by atoms with van der Waals surface area (Å²) in [5.74, 6) is 0. The van der Waals surface area contributed by atoms with Gasteiger partial charge in [-0.15, -0.1) is 0 Å². The summed E-state index contributed by atoms with van der Waals surface area (Å²) in [6, 6.07) is 0. The van der Waals surface area contributed by atoms with Crippen molar-refractivity contribution in [3.8, 4) is 0 Å². The number of ether oxygens (including phenoxy) is 1. The third-order valence-electron chi connectivity index (χ3n) is 0.828. The maximum absolute atomic E-state index is 9.19. The van der Waals surface area contributed by atoms with Gasteiger partial charge in [-0.25, -0.2) is 0 Å². The lowest BCUT2D eigenvalue weighted by molar-refractivity contribution is -0.102. The van der Waals surface area contributed by atoms with Gasteiger partial charge in [0.1, 0.15) is 0 Å². The first-order valence-corrected chi connectivity index (χ1v) is 8.93. The van der Waals surface area contributed by atoms with E-state index in [1.807, 2.05) is 0 Å². The van der Waals surface area contributed by atoms with E-state index in [0.717, 1.165) is 0 Å². The Kier molecular flexibility index (Phi) is 67.9. The van der Waals surface area contributed by atoms with Crippen LogP contribution in [0, 0.1) is 0 Å². The Labute approximate surface area is 158 Å². The summed E-state index contributed by atoms with van der Waals surface area (Å²) in [6.45, 7) is -1.34. The molecule has 0 aliphatic heterocycles. The van der Waals surface area contributed by atoms with Crippen LogP contribution >= 0.6 is 0 Å². The van der Waals surface area contributed by atoms with Gasteiger partial charge in [0, 0.05) is 7.11 Å². The molecule has 0 aliphatic carbocycles. The normalized spacial score (nSPS) is 9.81. The topological polar surface area (TPSA) is 266 Å². The highest BCUT2D eigenvalue weighted by atomic mass is 32.2. The van der Waals surface area contributed by atoms with Gasteiger partial charge in [-0.05, 0) is 0 Å². The molecule has 14 nitrogen and oxygen atoms in total. The maximum Gasteiger partial charge on any atom is 0.261 e. The van der Waals surface area contributed by atoms with Gasteiger partial charge in [-0.2, -0.15) is 8.42 Å². The predicted molar refractivity (Wildman–Crippen MR) is 94.3 cm³/mol. The summed E-state index contributed by atoms with van der Waals surface area (Å²) in [5.41, 5.74) is 0. The van der Waals surface area contributed by atoms with Crippen molar-refractivity contribution < 1.29 is 68.8 Å². The zero-order valence-corrected chi connectivity index (χ0v) is 16.3. The Morgan fingerprint density at radius 1 is 0.667 bits per heavy atom. The van der Waals surface area contributed by atoms with Gasteiger partial charge in [0.25, 0.3) is 10.1 Å².